The fourth-order valence-electron chi connectivity index (χ4n) is 3.69. The van der Waals surface area contributed by atoms with Crippen molar-refractivity contribution < 1.29 is 14.6 Å². The van der Waals surface area contributed by atoms with Gasteiger partial charge in [0.1, 0.15) is 11.8 Å². The van der Waals surface area contributed by atoms with Gasteiger partial charge in [0.05, 0.1) is 6.61 Å². The van der Waals surface area contributed by atoms with Crippen LogP contribution in [0.4, 0.5) is 0 Å². The average Bonchev–Trinajstić information content (AvgIpc) is 2.81. The highest BCUT2D eigenvalue weighted by molar-refractivity contribution is 5.73. The lowest BCUT2D eigenvalue weighted by Gasteiger charge is -2.28. The summed E-state index contributed by atoms with van der Waals surface area (Å²) in [6.45, 7) is 5.75. The summed E-state index contributed by atoms with van der Waals surface area (Å²) in [5.74, 6) is 0.0165. The maximum atomic E-state index is 11.8. The number of aromatic nitrogens is 1. The van der Waals surface area contributed by atoms with Gasteiger partial charge < -0.3 is 9.84 Å². The van der Waals surface area contributed by atoms with Crippen LogP contribution in [0, 0.1) is 0 Å². The summed E-state index contributed by atoms with van der Waals surface area (Å²) in [7, 11) is 0. The van der Waals surface area contributed by atoms with Gasteiger partial charge in [-0.1, -0.05) is 62.4 Å². The summed E-state index contributed by atoms with van der Waals surface area (Å²) in [4.78, 5) is 18.3. The lowest BCUT2D eigenvalue weighted by atomic mass is 10.1. The van der Waals surface area contributed by atoms with Crippen LogP contribution in [0.5, 0.6) is 5.75 Å². The fraction of sp³-hybridized carbons (Fsp3) is 0.333. The van der Waals surface area contributed by atoms with Gasteiger partial charge >= 0.3 is 5.97 Å². The molecule has 0 radical (unpaired) electrons. The molecule has 0 aliphatic heterocycles. The second-order valence-electron chi connectivity index (χ2n) is 7.91. The number of ether oxygens (including phenoxy) is 1. The van der Waals surface area contributed by atoms with Crippen LogP contribution in [-0.4, -0.2) is 33.6 Å². The number of pyridine rings is 1. The Morgan fingerprint density at radius 1 is 0.938 bits per heavy atom. The summed E-state index contributed by atoms with van der Waals surface area (Å²) in [6, 6.07) is 21.5. The van der Waals surface area contributed by atoms with E-state index in [0.29, 0.717) is 26.1 Å². The number of hydrogen-bond donors (Lipinski definition) is 1. The Morgan fingerprint density at radius 3 is 2.16 bits per heavy atom. The monoisotopic (exact) mass is 432 g/mol. The Balaban J connectivity index is 1.58. The molecule has 0 aliphatic rings. The molecule has 0 bridgehead atoms. The number of carboxylic acid groups (broad SMARTS) is 1. The number of aryl methyl sites for hydroxylation is 1. The molecule has 168 valence electrons. The number of aliphatic carboxylic acids is 1. The number of carbonyl (C=O) groups is 1. The first-order chi connectivity index (χ1) is 15.6. The average molecular weight is 433 g/mol. The van der Waals surface area contributed by atoms with E-state index in [0.717, 1.165) is 35.4 Å². The quantitative estimate of drug-likeness (QED) is 0.430. The first kappa shape index (κ1) is 23.5. The second-order valence-corrected chi connectivity index (χ2v) is 7.91. The number of nitrogens with zero attached hydrogens (tertiary/aromatic N) is 2. The van der Waals surface area contributed by atoms with E-state index in [-0.39, 0.29) is 0 Å². The molecule has 0 aliphatic carbocycles. The largest absolute Gasteiger partial charge is 0.493 e. The van der Waals surface area contributed by atoms with E-state index < -0.39 is 12.0 Å². The molecule has 5 heteroatoms. The molecule has 1 atom stereocenters. The minimum atomic E-state index is -0.788. The number of benzene rings is 2. The summed E-state index contributed by atoms with van der Waals surface area (Å²) in [5, 5.41) is 9.70. The van der Waals surface area contributed by atoms with Crippen molar-refractivity contribution in [1.29, 1.82) is 0 Å². The molecule has 3 aromatic rings. The fourth-order valence-corrected chi connectivity index (χ4v) is 3.69. The maximum absolute atomic E-state index is 11.8. The maximum Gasteiger partial charge on any atom is 0.320 e. The predicted molar refractivity (Wildman–Crippen MR) is 127 cm³/mol. The second kappa shape index (κ2) is 12.0. The minimum Gasteiger partial charge on any atom is -0.493 e. The van der Waals surface area contributed by atoms with E-state index >= 15 is 0 Å². The van der Waals surface area contributed by atoms with Crippen molar-refractivity contribution >= 4 is 5.97 Å². The van der Waals surface area contributed by atoms with Crippen LogP contribution in [0.2, 0.25) is 0 Å². The lowest BCUT2D eigenvalue weighted by Crippen LogP contribution is -2.39. The van der Waals surface area contributed by atoms with Gasteiger partial charge in [0.25, 0.3) is 0 Å². The first-order valence-electron chi connectivity index (χ1n) is 11.2. The van der Waals surface area contributed by atoms with Crippen molar-refractivity contribution in [3.05, 3.63) is 95.3 Å². The molecule has 5 nitrogen and oxygen atoms in total. The third-order valence-corrected chi connectivity index (χ3v) is 5.57. The van der Waals surface area contributed by atoms with Gasteiger partial charge in [-0.2, -0.15) is 0 Å². The third kappa shape index (κ3) is 6.92. The molecule has 0 saturated heterocycles. The lowest BCUT2D eigenvalue weighted by molar-refractivity contribution is -0.144. The van der Waals surface area contributed by atoms with Crippen molar-refractivity contribution in [1.82, 2.24) is 9.88 Å². The normalized spacial score (nSPS) is 12.0. The molecule has 0 fully saturated rings. The zero-order chi connectivity index (χ0) is 22.8. The zero-order valence-corrected chi connectivity index (χ0v) is 18.9. The van der Waals surface area contributed by atoms with Gasteiger partial charge in [0.2, 0.25) is 0 Å². The van der Waals surface area contributed by atoms with Crippen molar-refractivity contribution in [2.45, 2.75) is 52.2 Å². The van der Waals surface area contributed by atoms with Crippen LogP contribution in [-0.2, 0) is 30.7 Å². The predicted octanol–water partition coefficient (Wildman–Crippen LogP) is 5.13. The van der Waals surface area contributed by atoms with Gasteiger partial charge in [-0.05, 0) is 47.7 Å². The van der Waals surface area contributed by atoms with Crippen molar-refractivity contribution in [2.75, 3.05) is 6.61 Å². The van der Waals surface area contributed by atoms with E-state index in [9.17, 15) is 9.90 Å². The first-order valence-corrected chi connectivity index (χ1v) is 11.2. The van der Waals surface area contributed by atoms with E-state index in [1.165, 1.54) is 5.56 Å². The smallest absolute Gasteiger partial charge is 0.320 e. The van der Waals surface area contributed by atoms with Crippen LogP contribution >= 0.6 is 0 Å². The molecule has 1 unspecified atom stereocenters. The Hall–Kier alpha value is -3.18. The summed E-state index contributed by atoms with van der Waals surface area (Å²) in [6.07, 6.45) is 4.22. The number of hydrogen-bond acceptors (Lipinski definition) is 4. The SMILES string of the molecule is CCc1ccc(CCOc2ccc(CN(Cc3ccccc3)C(CC)C(=O)O)cc2)nc1. The molecular weight excluding hydrogens is 400 g/mol. The van der Waals surface area contributed by atoms with Crippen LogP contribution in [0.15, 0.2) is 72.9 Å². The molecule has 32 heavy (non-hydrogen) atoms. The van der Waals surface area contributed by atoms with Crippen molar-refractivity contribution in [3.8, 4) is 5.75 Å². The van der Waals surface area contributed by atoms with E-state index in [1.54, 1.807) is 0 Å². The van der Waals surface area contributed by atoms with Gasteiger partial charge in [-0.15, -0.1) is 0 Å². The van der Waals surface area contributed by atoms with Crippen LogP contribution < -0.4 is 4.74 Å². The number of rotatable bonds is 12. The molecule has 2 aromatic carbocycles. The zero-order valence-electron chi connectivity index (χ0n) is 18.9. The Kier molecular flexibility index (Phi) is 8.81. The molecule has 1 N–H and O–H groups in total. The van der Waals surface area contributed by atoms with E-state index in [2.05, 4.69) is 24.0 Å². The summed E-state index contributed by atoms with van der Waals surface area (Å²) >= 11 is 0. The van der Waals surface area contributed by atoms with E-state index in [1.807, 2.05) is 72.6 Å². The topological polar surface area (TPSA) is 62.7 Å². The van der Waals surface area contributed by atoms with Gasteiger partial charge in [-0.25, -0.2) is 0 Å². The molecule has 1 heterocycles. The highest BCUT2D eigenvalue weighted by Gasteiger charge is 2.24. The van der Waals surface area contributed by atoms with Gasteiger partial charge in [0, 0.05) is 31.4 Å². The molecular formula is C27H32N2O3. The van der Waals surface area contributed by atoms with Crippen LogP contribution in [0.3, 0.4) is 0 Å². The van der Waals surface area contributed by atoms with Gasteiger partial charge in [0.15, 0.2) is 0 Å². The van der Waals surface area contributed by atoms with Crippen molar-refractivity contribution in [2.24, 2.45) is 0 Å². The Labute approximate surface area is 190 Å². The standard InChI is InChI=1S/C27H32N2O3/c1-3-21-10-13-24(28-18-21)16-17-32-25-14-11-23(12-15-25)20-29(26(4-2)27(30)31)19-22-8-6-5-7-9-22/h5-15,18,26H,3-4,16-17,19-20H2,1-2H3,(H,30,31). The Morgan fingerprint density at radius 2 is 1.59 bits per heavy atom. The number of carboxylic acids is 1. The van der Waals surface area contributed by atoms with Crippen molar-refractivity contribution in [3.63, 3.8) is 0 Å². The molecule has 3 rings (SSSR count). The molecule has 0 spiro atoms. The van der Waals surface area contributed by atoms with Crippen LogP contribution in [0.1, 0.15) is 42.7 Å². The summed E-state index contributed by atoms with van der Waals surface area (Å²) < 4.78 is 5.88. The highest BCUT2D eigenvalue weighted by atomic mass is 16.5. The van der Waals surface area contributed by atoms with Gasteiger partial charge in [-0.3, -0.25) is 14.7 Å². The Bertz CT molecular complexity index is 956. The molecule has 0 amide bonds. The molecule has 0 saturated carbocycles. The van der Waals surface area contributed by atoms with E-state index in [4.69, 9.17) is 4.74 Å². The minimum absolute atomic E-state index is 0.530. The van der Waals surface area contributed by atoms with Crippen LogP contribution in [0.25, 0.3) is 0 Å². The third-order valence-electron chi connectivity index (χ3n) is 5.57. The summed E-state index contributed by atoms with van der Waals surface area (Å²) in [5.41, 5.74) is 4.42. The highest BCUT2D eigenvalue weighted by Crippen LogP contribution is 2.19. The molecule has 1 aromatic heterocycles.